The average molecular weight is 280 g/mol. The van der Waals surface area contributed by atoms with Gasteiger partial charge in [-0.1, -0.05) is 27.7 Å². The number of carbonyl (C=O) groups excluding carboxylic acids is 1. The van der Waals surface area contributed by atoms with Crippen molar-refractivity contribution in [1.82, 2.24) is 4.90 Å². The molecule has 1 saturated heterocycles. The lowest BCUT2D eigenvalue weighted by Gasteiger charge is -2.41. The lowest BCUT2D eigenvalue weighted by atomic mass is 9.74. The molecule has 0 aromatic rings. The summed E-state index contributed by atoms with van der Waals surface area (Å²) in [6.45, 7) is 11.0. The Morgan fingerprint density at radius 2 is 1.70 bits per heavy atom. The second kappa shape index (κ2) is 6.05. The second-order valence-electron chi connectivity index (χ2n) is 8.15. The number of rotatable bonds is 1. The van der Waals surface area contributed by atoms with Crippen LogP contribution in [0.2, 0.25) is 0 Å². The highest BCUT2D eigenvalue weighted by atomic mass is 16.2. The van der Waals surface area contributed by atoms with Gasteiger partial charge in [0.05, 0.1) is 5.92 Å². The van der Waals surface area contributed by atoms with Crippen LogP contribution in [-0.4, -0.2) is 29.9 Å². The molecule has 1 amide bonds. The molecular weight excluding hydrogens is 248 g/mol. The fourth-order valence-electron chi connectivity index (χ4n) is 3.89. The van der Waals surface area contributed by atoms with Gasteiger partial charge in [-0.3, -0.25) is 4.79 Å². The van der Waals surface area contributed by atoms with Crippen LogP contribution in [0.25, 0.3) is 0 Å². The molecule has 3 heteroatoms. The van der Waals surface area contributed by atoms with Crippen LogP contribution >= 0.6 is 0 Å². The first kappa shape index (κ1) is 15.8. The van der Waals surface area contributed by atoms with Gasteiger partial charge < -0.3 is 10.6 Å². The molecule has 2 N–H and O–H groups in total. The van der Waals surface area contributed by atoms with Crippen LogP contribution in [0.15, 0.2) is 0 Å². The zero-order valence-corrected chi connectivity index (χ0v) is 13.7. The van der Waals surface area contributed by atoms with Crippen molar-refractivity contribution in [2.75, 3.05) is 13.1 Å². The lowest BCUT2D eigenvalue weighted by molar-refractivity contribution is -0.139. The van der Waals surface area contributed by atoms with Crippen LogP contribution in [-0.2, 0) is 4.79 Å². The smallest absolute Gasteiger partial charge is 0.227 e. The van der Waals surface area contributed by atoms with Gasteiger partial charge in [-0.2, -0.15) is 0 Å². The Balaban J connectivity index is 1.91. The van der Waals surface area contributed by atoms with E-state index in [9.17, 15) is 4.79 Å². The monoisotopic (exact) mass is 280 g/mol. The molecule has 0 aromatic heterocycles. The van der Waals surface area contributed by atoms with Crippen LogP contribution in [0.1, 0.15) is 59.8 Å². The van der Waals surface area contributed by atoms with Gasteiger partial charge in [0.2, 0.25) is 5.91 Å². The van der Waals surface area contributed by atoms with E-state index >= 15 is 0 Å². The van der Waals surface area contributed by atoms with Crippen molar-refractivity contribution in [3.05, 3.63) is 0 Å². The third-order valence-corrected chi connectivity index (χ3v) is 5.51. The number of carbonyl (C=O) groups is 1. The van der Waals surface area contributed by atoms with Gasteiger partial charge in [-0.25, -0.2) is 0 Å². The summed E-state index contributed by atoms with van der Waals surface area (Å²) in [5, 5.41) is 0. The first-order valence-electron chi connectivity index (χ1n) is 8.33. The predicted molar refractivity (Wildman–Crippen MR) is 83.2 cm³/mol. The van der Waals surface area contributed by atoms with Crippen molar-refractivity contribution in [3.8, 4) is 0 Å². The van der Waals surface area contributed by atoms with Crippen molar-refractivity contribution in [2.45, 2.75) is 65.8 Å². The Morgan fingerprint density at radius 1 is 1.10 bits per heavy atom. The van der Waals surface area contributed by atoms with Crippen molar-refractivity contribution in [3.63, 3.8) is 0 Å². The quantitative estimate of drug-likeness (QED) is 0.802. The molecule has 1 aliphatic heterocycles. The van der Waals surface area contributed by atoms with Crippen LogP contribution in [0.5, 0.6) is 0 Å². The first-order valence-corrected chi connectivity index (χ1v) is 8.33. The summed E-state index contributed by atoms with van der Waals surface area (Å²) in [6, 6.07) is 0.0824. The van der Waals surface area contributed by atoms with E-state index in [2.05, 4.69) is 32.6 Å². The molecule has 2 rings (SSSR count). The van der Waals surface area contributed by atoms with E-state index in [1.165, 1.54) is 6.42 Å². The average Bonchev–Trinajstić information content (AvgIpc) is 2.40. The van der Waals surface area contributed by atoms with Gasteiger partial charge in [0.15, 0.2) is 0 Å². The maximum absolute atomic E-state index is 12.7. The van der Waals surface area contributed by atoms with Crippen LogP contribution < -0.4 is 5.73 Å². The third kappa shape index (κ3) is 3.55. The number of hydrogen-bond donors (Lipinski definition) is 1. The Hall–Kier alpha value is -0.570. The van der Waals surface area contributed by atoms with E-state index in [-0.39, 0.29) is 12.0 Å². The van der Waals surface area contributed by atoms with E-state index in [4.69, 9.17) is 5.73 Å². The van der Waals surface area contributed by atoms with E-state index < -0.39 is 0 Å². The summed E-state index contributed by atoms with van der Waals surface area (Å²) in [5.74, 6) is 1.79. The van der Waals surface area contributed by atoms with E-state index in [1.54, 1.807) is 0 Å². The zero-order valence-electron chi connectivity index (χ0n) is 13.7. The van der Waals surface area contributed by atoms with Gasteiger partial charge in [0.1, 0.15) is 0 Å². The Morgan fingerprint density at radius 3 is 2.25 bits per heavy atom. The third-order valence-electron chi connectivity index (χ3n) is 5.51. The molecule has 3 unspecified atom stereocenters. The van der Waals surface area contributed by atoms with Gasteiger partial charge in [0.25, 0.3) is 0 Å². The van der Waals surface area contributed by atoms with Crippen LogP contribution in [0, 0.1) is 23.2 Å². The highest BCUT2D eigenvalue weighted by Crippen LogP contribution is 2.36. The van der Waals surface area contributed by atoms with Crippen LogP contribution in [0.4, 0.5) is 0 Å². The molecule has 1 aliphatic carbocycles. The summed E-state index contributed by atoms with van der Waals surface area (Å²) >= 11 is 0. The fraction of sp³-hybridized carbons (Fsp3) is 0.941. The molecule has 1 saturated carbocycles. The first-order chi connectivity index (χ1) is 9.29. The largest absolute Gasteiger partial charge is 0.342 e. The topological polar surface area (TPSA) is 46.3 Å². The van der Waals surface area contributed by atoms with Gasteiger partial charge >= 0.3 is 0 Å². The molecule has 116 valence electrons. The minimum absolute atomic E-state index is 0.0740. The summed E-state index contributed by atoms with van der Waals surface area (Å²) in [6.07, 6.45) is 5.46. The van der Waals surface area contributed by atoms with E-state index in [1.807, 2.05) is 0 Å². The maximum atomic E-state index is 12.7. The SMILES string of the molecule is CC1CCC(N)C(C(=O)N2CCC(C(C)(C)C)CC2)C1. The number of nitrogens with zero attached hydrogens (tertiary/aromatic N) is 1. The molecule has 0 radical (unpaired) electrons. The van der Waals surface area contributed by atoms with Gasteiger partial charge in [-0.15, -0.1) is 0 Å². The van der Waals surface area contributed by atoms with E-state index in [0.717, 1.165) is 44.7 Å². The van der Waals surface area contributed by atoms with Gasteiger partial charge in [0, 0.05) is 19.1 Å². The standard InChI is InChI=1S/C17H32N2O/c1-12-5-6-15(18)14(11-12)16(20)19-9-7-13(8-10-19)17(2,3)4/h12-15H,5-11,18H2,1-4H3. The number of piperidine rings is 1. The number of amides is 1. The van der Waals surface area contributed by atoms with Crippen molar-refractivity contribution in [1.29, 1.82) is 0 Å². The van der Waals surface area contributed by atoms with Crippen molar-refractivity contribution in [2.24, 2.45) is 28.9 Å². The van der Waals surface area contributed by atoms with E-state index in [0.29, 0.717) is 17.2 Å². The predicted octanol–water partition coefficient (Wildman–Crippen LogP) is 3.03. The number of nitrogens with two attached hydrogens (primary N) is 1. The molecule has 2 aliphatic rings. The maximum Gasteiger partial charge on any atom is 0.227 e. The van der Waals surface area contributed by atoms with Crippen LogP contribution in [0.3, 0.4) is 0 Å². The number of likely N-dealkylation sites (tertiary alicyclic amines) is 1. The molecule has 3 nitrogen and oxygen atoms in total. The van der Waals surface area contributed by atoms with Crippen molar-refractivity contribution < 1.29 is 4.79 Å². The summed E-state index contributed by atoms with van der Waals surface area (Å²) < 4.78 is 0. The molecule has 0 aromatic carbocycles. The number of hydrogen-bond acceptors (Lipinski definition) is 2. The highest BCUT2D eigenvalue weighted by molar-refractivity contribution is 5.79. The van der Waals surface area contributed by atoms with Crippen molar-refractivity contribution >= 4 is 5.91 Å². The minimum Gasteiger partial charge on any atom is -0.342 e. The molecule has 0 bridgehead atoms. The molecule has 0 spiro atoms. The molecule has 20 heavy (non-hydrogen) atoms. The summed E-state index contributed by atoms with van der Waals surface area (Å²) in [5.41, 5.74) is 6.56. The Bertz CT molecular complexity index is 339. The minimum atomic E-state index is 0.0740. The fourth-order valence-corrected chi connectivity index (χ4v) is 3.89. The second-order valence-corrected chi connectivity index (χ2v) is 8.15. The highest BCUT2D eigenvalue weighted by Gasteiger charge is 2.36. The molecule has 3 atom stereocenters. The lowest BCUT2D eigenvalue weighted by Crippen LogP contribution is -2.50. The Labute approximate surface area is 124 Å². The summed E-state index contributed by atoms with van der Waals surface area (Å²) in [7, 11) is 0. The Kier molecular flexibility index (Phi) is 4.78. The molecule has 2 fully saturated rings. The molecule has 1 heterocycles. The normalized spacial score (nSPS) is 33.2. The zero-order chi connectivity index (χ0) is 14.9. The summed E-state index contributed by atoms with van der Waals surface area (Å²) in [4.78, 5) is 14.8. The van der Waals surface area contributed by atoms with Gasteiger partial charge in [-0.05, 0) is 49.4 Å². The molecular formula is C17H32N2O.